The Morgan fingerprint density at radius 2 is 1.85 bits per heavy atom. The Balaban J connectivity index is 1.83. The van der Waals surface area contributed by atoms with Crippen molar-refractivity contribution in [2.45, 2.75) is 0 Å². The number of ether oxygens (including phenoxy) is 2. The molecule has 2 aromatic rings. The molecule has 0 atom stereocenters. The van der Waals surface area contributed by atoms with E-state index < -0.39 is 30.2 Å². The Kier molecular flexibility index (Phi) is 6.67. The smallest absolute Gasteiger partial charge is 0.338 e. The van der Waals surface area contributed by atoms with E-state index in [1.165, 1.54) is 19.2 Å². The number of hydrazine groups is 1. The maximum atomic E-state index is 13.5. The number of halogens is 2. The molecule has 0 aliphatic heterocycles. The maximum Gasteiger partial charge on any atom is 0.338 e. The maximum absolute atomic E-state index is 13.5. The lowest BCUT2D eigenvalue weighted by Gasteiger charge is -2.09. The van der Waals surface area contributed by atoms with Gasteiger partial charge in [0.15, 0.2) is 18.2 Å². The zero-order valence-corrected chi connectivity index (χ0v) is 15.1. The van der Waals surface area contributed by atoms with Crippen molar-refractivity contribution in [1.82, 2.24) is 10.9 Å². The number of benzene rings is 2. The summed E-state index contributed by atoms with van der Waals surface area (Å²) in [6.45, 7) is -0.650. The number of nitrogens with one attached hydrogen (secondary N) is 2. The topological polar surface area (TPSA) is 93.7 Å². The molecular formula is C17H14BrFN2O5. The summed E-state index contributed by atoms with van der Waals surface area (Å²) in [7, 11) is 1.29. The summed E-state index contributed by atoms with van der Waals surface area (Å²) >= 11 is 3.21. The highest BCUT2D eigenvalue weighted by Gasteiger charge is 2.14. The number of carbonyl (C=O) groups excluding carboxylic acids is 3. The molecule has 9 heteroatoms. The van der Waals surface area contributed by atoms with Crippen molar-refractivity contribution in [3.8, 4) is 5.75 Å². The molecule has 26 heavy (non-hydrogen) atoms. The average Bonchev–Trinajstić information content (AvgIpc) is 2.64. The zero-order chi connectivity index (χ0) is 19.1. The Labute approximate surface area is 156 Å². The molecule has 0 saturated carbocycles. The second-order valence-corrected chi connectivity index (χ2v) is 5.76. The molecular weight excluding hydrogens is 411 g/mol. The minimum absolute atomic E-state index is 0.0194. The molecule has 0 unspecified atom stereocenters. The molecule has 0 aromatic heterocycles. The fraction of sp³-hybridized carbons (Fsp3) is 0.118. The molecule has 136 valence electrons. The van der Waals surface area contributed by atoms with Gasteiger partial charge in [0, 0.05) is 4.47 Å². The van der Waals surface area contributed by atoms with Crippen LogP contribution in [0.15, 0.2) is 46.9 Å². The highest BCUT2D eigenvalue weighted by molar-refractivity contribution is 9.10. The number of esters is 1. The van der Waals surface area contributed by atoms with E-state index >= 15 is 0 Å². The van der Waals surface area contributed by atoms with Crippen LogP contribution in [0.5, 0.6) is 5.75 Å². The Morgan fingerprint density at radius 1 is 1.12 bits per heavy atom. The lowest BCUT2D eigenvalue weighted by Crippen LogP contribution is -2.43. The van der Waals surface area contributed by atoms with Crippen LogP contribution >= 0.6 is 15.9 Å². The van der Waals surface area contributed by atoms with Gasteiger partial charge in [-0.25, -0.2) is 9.18 Å². The third-order valence-electron chi connectivity index (χ3n) is 3.16. The first-order valence-corrected chi connectivity index (χ1v) is 8.06. The molecule has 0 spiro atoms. The van der Waals surface area contributed by atoms with Gasteiger partial charge in [-0.2, -0.15) is 0 Å². The summed E-state index contributed by atoms with van der Waals surface area (Å²) in [5, 5.41) is 0. The Hall–Kier alpha value is -2.94. The Morgan fingerprint density at radius 3 is 2.50 bits per heavy atom. The van der Waals surface area contributed by atoms with Crippen molar-refractivity contribution >= 4 is 33.7 Å². The molecule has 0 fully saturated rings. The number of hydrogen-bond acceptors (Lipinski definition) is 5. The van der Waals surface area contributed by atoms with E-state index in [4.69, 9.17) is 9.47 Å². The van der Waals surface area contributed by atoms with Crippen LogP contribution in [0.2, 0.25) is 0 Å². The summed E-state index contributed by atoms with van der Waals surface area (Å²) in [5.74, 6) is -2.94. The van der Waals surface area contributed by atoms with Gasteiger partial charge in [0.2, 0.25) is 0 Å². The molecule has 7 nitrogen and oxygen atoms in total. The van der Waals surface area contributed by atoms with Crippen LogP contribution in [-0.4, -0.2) is 31.5 Å². The first-order valence-electron chi connectivity index (χ1n) is 7.26. The Bertz CT molecular complexity index is 844. The molecule has 2 aromatic carbocycles. The first kappa shape index (κ1) is 19.4. The van der Waals surface area contributed by atoms with Crippen LogP contribution in [0.1, 0.15) is 20.7 Å². The fourth-order valence-corrected chi connectivity index (χ4v) is 2.35. The summed E-state index contributed by atoms with van der Waals surface area (Å²) in [5.41, 5.74) is 4.55. The SMILES string of the molecule is COc1ccc(C(=O)OCC(=O)NNC(=O)c2ccccc2Br)cc1F. The minimum atomic E-state index is -0.890. The quantitative estimate of drug-likeness (QED) is 0.566. The van der Waals surface area contributed by atoms with E-state index in [1.54, 1.807) is 24.3 Å². The summed E-state index contributed by atoms with van der Waals surface area (Å²) in [6.07, 6.45) is 0. The normalized spacial score (nSPS) is 9.96. The van der Waals surface area contributed by atoms with Gasteiger partial charge >= 0.3 is 5.97 Å². The van der Waals surface area contributed by atoms with Crippen LogP contribution in [0.3, 0.4) is 0 Å². The molecule has 0 aliphatic carbocycles. The predicted octanol–water partition coefficient (Wildman–Crippen LogP) is 2.21. The largest absolute Gasteiger partial charge is 0.494 e. The average molecular weight is 425 g/mol. The van der Waals surface area contributed by atoms with Gasteiger partial charge in [-0.3, -0.25) is 20.4 Å². The molecule has 2 N–H and O–H groups in total. The summed E-state index contributed by atoms with van der Waals surface area (Å²) in [6, 6.07) is 10.1. The number of hydrogen-bond donors (Lipinski definition) is 2. The first-order chi connectivity index (χ1) is 12.4. The van der Waals surface area contributed by atoms with Crippen LogP contribution < -0.4 is 15.6 Å². The van der Waals surface area contributed by atoms with E-state index in [1.807, 2.05) is 0 Å². The summed E-state index contributed by atoms with van der Waals surface area (Å²) < 4.78 is 23.6. The van der Waals surface area contributed by atoms with Gasteiger partial charge in [0.05, 0.1) is 18.2 Å². The standard InChI is InChI=1S/C17H14BrFN2O5/c1-25-14-7-6-10(8-13(14)19)17(24)26-9-15(22)20-21-16(23)11-4-2-3-5-12(11)18/h2-8H,9H2,1H3,(H,20,22)(H,21,23). The minimum Gasteiger partial charge on any atom is -0.494 e. The molecule has 2 rings (SSSR count). The number of methoxy groups -OCH3 is 1. The molecule has 0 aliphatic rings. The van der Waals surface area contributed by atoms with Crippen LogP contribution in [0, 0.1) is 5.82 Å². The summed E-state index contributed by atoms with van der Waals surface area (Å²) in [4.78, 5) is 35.4. The highest BCUT2D eigenvalue weighted by Crippen LogP contribution is 2.18. The van der Waals surface area contributed by atoms with Gasteiger partial charge in [-0.15, -0.1) is 0 Å². The molecule has 0 radical (unpaired) electrons. The van der Waals surface area contributed by atoms with Crippen molar-refractivity contribution in [3.63, 3.8) is 0 Å². The van der Waals surface area contributed by atoms with Gasteiger partial charge in [0.1, 0.15) is 0 Å². The van der Waals surface area contributed by atoms with E-state index in [0.717, 1.165) is 6.07 Å². The van der Waals surface area contributed by atoms with Crippen molar-refractivity contribution in [3.05, 3.63) is 63.9 Å². The van der Waals surface area contributed by atoms with E-state index in [-0.39, 0.29) is 11.3 Å². The van der Waals surface area contributed by atoms with E-state index in [9.17, 15) is 18.8 Å². The monoisotopic (exact) mass is 424 g/mol. The fourth-order valence-electron chi connectivity index (χ4n) is 1.88. The van der Waals surface area contributed by atoms with Gasteiger partial charge in [-0.05, 0) is 46.3 Å². The third-order valence-corrected chi connectivity index (χ3v) is 3.85. The van der Waals surface area contributed by atoms with Crippen LogP contribution in [0.25, 0.3) is 0 Å². The predicted molar refractivity (Wildman–Crippen MR) is 93.0 cm³/mol. The second-order valence-electron chi connectivity index (χ2n) is 4.91. The lowest BCUT2D eigenvalue weighted by atomic mass is 10.2. The molecule has 0 heterocycles. The van der Waals surface area contributed by atoms with Crippen LogP contribution in [0.4, 0.5) is 4.39 Å². The molecule has 2 amide bonds. The van der Waals surface area contributed by atoms with Gasteiger partial charge in [0.25, 0.3) is 11.8 Å². The van der Waals surface area contributed by atoms with Crippen molar-refractivity contribution in [2.24, 2.45) is 0 Å². The van der Waals surface area contributed by atoms with Crippen molar-refractivity contribution in [1.29, 1.82) is 0 Å². The van der Waals surface area contributed by atoms with Gasteiger partial charge in [-0.1, -0.05) is 12.1 Å². The molecule has 0 bridgehead atoms. The zero-order valence-electron chi connectivity index (χ0n) is 13.5. The van der Waals surface area contributed by atoms with Crippen molar-refractivity contribution < 1.29 is 28.2 Å². The second kappa shape index (κ2) is 8.95. The van der Waals surface area contributed by atoms with E-state index in [2.05, 4.69) is 26.8 Å². The number of amides is 2. The van der Waals surface area contributed by atoms with E-state index in [0.29, 0.717) is 10.0 Å². The van der Waals surface area contributed by atoms with Gasteiger partial charge < -0.3 is 9.47 Å². The molecule has 0 saturated heterocycles. The lowest BCUT2D eigenvalue weighted by molar-refractivity contribution is -0.125. The number of rotatable bonds is 5. The van der Waals surface area contributed by atoms with Crippen LogP contribution in [-0.2, 0) is 9.53 Å². The number of carbonyl (C=O) groups is 3. The van der Waals surface area contributed by atoms with Crippen molar-refractivity contribution in [2.75, 3.05) is 13.7 Å². The third kappa shape index (κ3) is 5.03. The highest BCUT2D eigenvalue weighted by atomic mass is 79.9.